The summed E-state index contributed by atoms with van der Waals surface area (Å²) in [5.41, 5.74) is 3.95. The van der Waals surface area contributed by atoms with Gasteiger partial charge < -0.3 is 14.7 Å². The van der Waals surface area contributed by atoms with Crippen LogP contribution in [-0.2, 0) is 11.3 Å². The molecule has 0 spiro atoms. The van der Waals surface area contributed by atoms with Crippen molar-refractivity contribution in [1.82, 2.24) is 14.7 Å². The van der Waals surface area contributed by atoms with Crippen molar-refractivity contribution in [3.63, 3.8) is 0 Å². The number of fused-ring (bicyclic) bond motifs is 1. The van der Waals surface area contributed by atoms with Gasteiger partial charge in [0.2, 0.25) is 5.91 Å². The third-order valence-corrected chi connectivity index (χ3v) is 11.5. The Kier molecular flexibility index (Phi) is 11.1. The summed E-state index contributed by atoms with van der Waals surface area (Å²) in [5, 5.41) is 2.10. The largest absolute Gasteiger partial charge is 0.343 e. The van der Waals surface area contributed by atoms with E-state index in [2.05, 4.69) is 102 Å². The molecule has 3 amide bonds. The Morgan fingerprint density at radius 1 is 0.955 bits per heavy atom. The summed E-state index contributed by atoms with van der Waals surface area (Å²) in [4.78, 5) is 36.4. The van der Waals surface area contributed by atoms with Gasteiger partial charge in [-0.2, -0.15) is 0 Å². The fraction of sp³-hybridized carbons (Fsp3) is 0.579. The first-order valence-corrected chi connectivity index (χ1v) is 17.8. The van der Waals surface area contributed by atoms with Gasteiger partial charge in [-0.25, -0.2) is 4.79 Å². The van der Waals surface area contributed by atoms with Gasteiger partial charge in [0.05, 0.1) is 18.6 Å². The summed E-state index contributed by atoms with van der Waals surface area (Å²) in [6, 6.07) is 15.5. The van der Waals surface area contributed by atoms with Crippen molar-refractivity contribution in [1.29, 1.82) is 0 Å². The molecule has 0 bridgehead atoms. The number of benzene rings is 1. The lowest BCUT2D eigenvalue weighted by Gasteiger charge is -2.37. The fourth-order valence-electron chi connectivity index (χ4n) is 7.95. The van der Waals surface area contributed by atoms with Crippen molar-refractivity contribution in [3.05, 3.63) is 81.6 Å². The van der Waals surface area contributed by atoms with E-state index in [0.717, 1.165) is 38.5 Å². The predicted octanol–water partition coefficient (Wildman–Crippen LogP) is 9.04. The first kappa shape index (κ1) is 32.5. The Bertz CT molecular complexity index is 1290. The lowest BCUT2D eigenvalue weighted by atomic mass is 9.77. The first-order valence-electron chi connectivity index (χ1n) is 16.9. The van der Waals surface area contributed by atoms with Gasteiger partial charge in [0, 0.05) is 30.4 Å². The van der Waals surface area contributed by atoms with Crippen LogP contribution in [0.25, 0.3) is 0 Å². The Labute approximate surface area is 270 Å². The van der Waals surface area contributed by atoms with E-state index in [1.807, 2.05) is 7.05 Å². The summed E-state index contributed by atoms with van der Waals surface area (Å²) < 4.78 is 0. The predicted molar refractivity (Wildman–Crippen MR) is 183 cm³/mol. The molecule has 2 heterocycles. The number of carbonyl (C=O) groups excluding carboxylic acids is 2. The molecule has 0 unspecified atom stereocenters. The van der Waals surface area contributed by atoms with Crippen LogP contribution in [0.15, 0.2) is 71.1 Å². The van der Waals surface area contributed by atoms with E-state index in [0.29, 0.717) is 19.1 Å². The number of nitrogens with zero attached hydrogens (tertiary/aromatic N) is 3. The van der Waals surface area contributed by atoms with E-state index < -0.39 is 0 Å². The molecule has 2 aromatic rings. The Morgan fingerprint density at radius 3 is 2.36 bits per heavy atom. The second-order valence-corrected chi connectivity index (χ2v) is 14.9. The topological polar surface area (TPSA) is 43.9 Å². The number of hydrogen-bond donors (Lipinski definition) is 0. The summed E-state index contributed by atoms with van der Waals surface area (Å²) in [5.74, 6) is 0.550. The van der Waals surface area contributed by atoms with Gasteiger partial charge in [0.1, 0.15) is 0 Å². The molecule has 3 fully saturated rings. The van der Waals surface area contributed by atoms with Crippen LogP contribution in [0, 0.1) is 11.8 Å². The van der Waals surface area contributed by atoms with Crippen LogP contribution >= 0.6 is 11.3 Å². The highest BCUT2D eigenvalue weighted by Gasteiger charge is 2.52. The minimum absolute atomic E-state index is 0.00848. The van der Waals surface area contributed by atoms with Crippen molar-refractivity contribution in [2.24, 2.45) is 11.8 Å². The first-order chi connectivity index (χ1) is 21.2. The number of allylic oxidation sites excluding steroid dienone is 3. The van der Waals surface area contributed by atoms with Crippen LogP contribution in [-0.4, -0.2) is 58.4 Å². The molecule has 44 heavy (non-hydrogen) atoms. The van der Waals surface area contributed by atoms with Gasteiger partial charge >= 0.3 is 6.03 Å². The minimum Gasteiger partial charge on any atom is -0.343 e. The highest BCUT2D eigenvalue weighted by atomic mass is 32.1. The fourth-order valence-corrected chi connectivity index (χ4v) is 8.65. The van der Waals surface area contributed by atoms with Crippen LogP contribution in [0.3, 0.4) is 0 Å². The molecule has 1 saturated heterocycles. The summed E-state index contributed by atoms with van der Waals surface area (Å²) in [6.45, 7) is 10.0. The molecule has 0 N–H and O–H groups in total. The number of rotatable bonds is 10. The Morgan fingerprint density at radius 2 is 1.68 bits per heavy atom. The summed E-state index contributed by atoms with van der Waals surface area (Å²) in [6.07, 6.45) is 14.1. The molecule has 1 aliphatic heterocycles. The van der Waals surface area contributed by atoms with Crippen LogP contribution < -0.4 is 0 Å². The zero-order valence-electron chi connectivity index (χ0n) is 27.6. The molecule has 5 rings (SSSR count). The Balaban J connectivity index is 1.49. The van der Waals surface area contributed by atoms with Crippen molar-refractivity contribution < 1.29 is 9.59 Å². The highest BCUT2D eigenvalue weighted by molar-refractivity contribution is 7.09. The van der Waals surface area contributed by atoms with Crippen LogP contribution in [0.4, 0.5) is 4.79 Å². The lowest BCUT2D eigenvalue weighted by molar-refractivity contribution is -0.139. The van der Waals surface area contributed by atoms with Crippen LogP contribution in [0.2, 0.25) is 0 Å². The lowest BCUT2D eigenvalue weighted by Crippen LogP contribution is -2.46. The van der Waals surface area contributed by atoms with E-state index in [1.165, 1.54) is 40.8 Å². The van der Waals surface area contributed by atoms with Crippen molar-refractivity contribution in [2.45, 2.75) is 116 Å². The van der Waals surface area contributed by atoms with Gasteiger partial charge in [-0.1, -0.05) is 85.9 Å². The van der Waals surface area contributed by atoms with Gasteiger partial charge in [0.25, 0.3) is 0 Å². The third kappa shape index (κ3) is 7.50. The molecule has 3 aliphatic rings. The minimum atomic E-state index is -0.123. The average Bonchev–Trinajstić information content (AvgIpc) is 3.59. The number of amides is 3. The molecule has 2 aliphatic carbocycles. The molecule has 1 aromatic heterocycles. The van der Waals surface area contributed by atoms with Gasteiger partial charge in [-0.3, -0.25) is 4.79 Å². The SMILES string of the molecule is CC(C)=CCC/C(C)=C/CN1C(=O)N(Cc2cccs2)[C@H]2C[C@@H](c3ccccc3)[C@@H](C)[C@@H](C(=O)N(C)C3CCCCC3)C[C@H]21. The molecule has 5 atom stereocenters. The van der Waals surface area contributed by atoms with Crippen LogP contribution in [0.5, 0.6) is 0 Å². The monoisotopic (exact) mass is 615 g/mol. The van der Waals surface area contributed by atoms with Gasteiger partial charge in [0.15, 0.2) is 0 Å². The van der Waals surface area contributed by atoms with E-state index in [4.69, 9.17) is 0 Å². The highest BCUT2D eigenvalue weighted by Crippen LogP contribution is 2.46. The zero-order valence-corrected chi connectivity index (χ0v) is 28.4. The maximum absolute atomic E-state index is 14.5. The quantitative estimate of drug-likeness (QED) is 0.250. The molecule has 0 radical (unpaired) electrons. The molecule has 238 valence electrons. The van der Waals surface area contributed by atoms with E-state index in [9.17, 15) is 9.59 Å². The van der Waals surface area contributed by atoms with Gasteiger partial charge in [-0.05, 0) is 88.1 Å². The van der Waals surface area contributed by atoms with Crippen molar-refractivity contribution >= 4 is 23.3 Å². The molecule has 6 heteroatoms. The summed E-state index contributed by atoms with van der Waals surface area (Å²) >= 11 is 1.72. The molecule has 5 nitrogen and oxygen atoms in total. The van der Waals surface area contributed by atoms with Gasteiger partial charge in [-0.15, -0.1) is 11.3 Å². The van der Waals surface area contributed by atoms with E-state index >= 15 is 0 Å². The van der Waals surface area contributed by atoms with E-state index in [-0.39, 0.29) is 41.8 Å². The molecular formula is C38H53N3O2S. The second kappa shape index (κ2) is 14.9. The number of thiophene rings is 1. The molecule has 1 aromatic carbocycles. The number of carbonyl (C=O) groups is 2. The maximum Gasteiger partial charge on any atom is 0.321 e. The molecular weight excluding hydrogens is 563 g/mol. The number of urea groups is 1. The normalized spacial score (nSPS) is 26.3. The van der Waals surface area contributed by atoms with Crippen molar-refractivity contribution in [3.8, 4) is 0 Å². The number of hydrogen-bond acceptors (Lipinski definition) is 3. The zero-order chi connectivity index (χ0) is 31.2. The van der Waals surface area contributed by atoms with E-state index in [1.54, 1.807) is 11.3 Å². The standard InChI is InChI=1S/C38H53N3O2S/c1-27(2)14-12-15-28(3)21-22-40-35-25-34(37(42)39(5)31-18-10-7-11-19-31)29(4)33(30-16-8-6-9-17-30)24-36(35)41(38(40)43)26-32-20-13-23-44-32/h6,8-9,13-14,16-17,20-21,23,29,31,33-36H,7,10-12,15,18-19,22,24-26H2,1-5H3/b28-21+/t29-,33-,34+,35-,36+/m1/s1. The third-order valence-electron chi connectivity index (χ3n) is 10.6. The maximum atomic E-state index is 14.5. The smallest absolute Gasteiger partial charge is 0.321 e. The van der Waals surface area contributed by atoms with Crippen molar-refractivity contribution in [2.75, 3.05) is 13.6 Å². The van der Waals surface area contributed by atoms with Crippen LogP contribution in [0.1, 0.15) is 102 Å². The Hall–Kier alpha value is -2.86. The average molecular weight is 616 g/mol. The molecule has 2 saturated carbocycles. The second-order valence-electron chi connectivity index (χ2n) is 13.8. The summed E-state index contributed by atoms with van der Waals surface area (Å²) in [7, 11) is 2.05.